The first-order valence-corrected chi connectivity index (χ1v) is 11.4. The second-order valence-corrected chi connectivity index (χ2v) is 8.79. The maximum atomic E-state index is 13.0. The zero-order valence-electron chi connectivity index (χ0n) is 17.2. The van der Waals surface area contributed by atoms with Crippen LogP contribution in [0, 0.1) is 11.8 Å². The Morgan fingerprint density at radius 1 is 1.04 bits per heavy atom. The molecule has 3 aliphatic rings. The largest absolute Gasteiger partial charge is 0.356 e. The van der Waals surface area contributed by atoms with Crippen LogP contribution < -0.4 is 5.32 Å². The maximum Gasteiger partial charge on any atom is 0.225 e. The molecule has 1 heterocycles. The van der Waals surface area contributed by atoms with E-state index in [0.29, 0.717) is 11.9 Å². The molecule has 1 aliphatic heterocycles. The lowest BCUT2D eigenvalue weighted by Gasteiger charge is -2.39. The van der Waals surface area contributed by atoms with Gasteiger partial charge in [-0.2, -0.15) is 0 Å². The number of hydrogen-bond acceptors (Lipinski definition) is 2. The van der Waals surface area contributed by atoms with E-state index in [1.807, 2.05) is 0 Å². The van der Waals surface area contributed by atoms with Crippen molar-refractivity contribution in [3.63, 3.8) is 0 Å². The molecule has 152 valence electrons. The van der Waals surface area contributed by atoms with E-state index >= 15 is 0 Å². The SMILES string of the molecule is CCC1CCCCN1C(=O)C1CCC(C(=O)NCCC2=CCCCC2)CC1. The van der Waals surface area contributed by atoms with Crippen LogP contribution in [0.3, 0.4) is 0 Å². The third-order valence-corrected chi connectivity index (χ3v) is 6.96. The number of carbonyl (C=O) groups excluding carboxylic acids is 2. The molecule has 0 aromatic carbocycles. The summed E-state index contributed by atoms with van der Waals surface area (Å²) in [6.45, 7) is 3.91. The fourth-order valence-electron chi connectivity index (χ4n) is 5.17. The van der Waals surface area contributed by atoms with Crippen molar-refractivity contribution >= 4 is 11.8 Å². The van der Waals surface area contributed by atoms with Crippen molar-refractivity contribution in [2.24, 2.45) is 11.8 Å². The van der Waals surface area contributed by atoms with E-state index in [1.54, 1.807) is 0 Å². The summed E-state index contributed by atoms with van der Waals surface area (Å²) in [6.07, 6.45) is 16.5. The number of piperidine rings is 1. The van der Waals surface area contributed by atoms with Gasteiger partial charge < -0.3 is 10.2 Å². The molecule has 2 amide bonds. The van der Waals surface area contributed by atoms with Crippen LogP contribution in [-0.4, -0.2) is 35.8 Å². The van der Waals surface area contributed by atoms with Crippen molar-refractivity contribution in [2.45, 2.75) is 96.4 Å². The molecule has 1 saturated carbocycles. The van der Waals surface area contributed by atoms with Crippen LogP contribution >= 0.6 is 0 Å². The molecular weight excluding hydrogens is 336 g/mol. The molecule has 1 atom stereocenters. The van der Waals surface area contributed by atoms with E-state index < -0.39 is 0 Å². The third kappa shape index (κ3) is 5.58. The topological polar surface area (TPSA) is 49.4 Å². The number of amides is 2. The molecule has 4 nitrogen and oxygen atoms in total. The summed E-state index contributed by atoms with van der Waals surface area (Å²) in [5.74, 6) is 0.831. The van der Waals surface area contributed by atoms with E-state index in [0.717, 1.165) is 64.5 Å². The minimum atomic E-state index is 0.109. The van der Waals surface area contributed by atoms with Gasteiger partial charge in [0.25, 0.3) is 0 Å². The van der Waals surface area contributed by atoms with Crippen LogP contribution in [-0.2, 0) is 9.59 Å². The van der Waals surface area contributed by atoms with Crippen molar-refractivity contribution in [3.8, 4) is 0 Å². The van der Waals surface area contributed by atoms with Crippen LogP contribution in [0.25, 0.3) is 0 Å². The number of hydrogen-bond donors (Lipinski definition) is 1. The van der Waals surface area contributed by atoms with E-state index in [-0.39, 0.29) is 17.7 Å². The highest BCUT2D eigenvalue weighted by Gasteiger charge is 2.34. The van der Waals surface area contributed by atoms with Crippen LogP contribution in [0.15, 0.2) is 11.6 Å². The molecule has 1 N–H and O–H groups in total. The van der Waals surface area contributed by atoms with Gasteiger partial charge in [-0.1, -0.05) is 18.6 Å². The molecule has 0 aromatic heterocycles. The zero-order chi connectivity index (χ0) is 19.1. The van der Waals surface area contributed by atoms with Gasteiger partial charge in [-0.05, 0) is 83.5 Å². The number of nitrogens with one attached hydrogen (secondary N) is 1. The van der Waals surface area contributed by atoms with Gasteiger partial charge >= 0.3 is 0 Å². The molecular formula is C23H38N2O2. The van der Waals surface area contributed by atoms with Crippen molar-refractivity contribution in [3.05, 3.63) is 11.6 Å². The predicted octanol–water partition coefficient (Wildman–Crippen LogP) is 4.59. The number of rotatable bonds is 6. The Kier molecular flexibility index (Phi) is 7.78. The molecule has 2 fully saturated rings. The van der Waals surface area contributed by atoms with Gasteiger partial charge in [-0.3, -0.25) is 9.59 Å². The fourth-order valence-corrected chi connectivity index (χ4v) is 5.17. The molecule has 0 radical (unpaired) electrons. The molecule has 0 spiro atoms. The highest BCUT2D eigenvalue weighted by Crippen LogP contribution is 2.32. The lowest BCUT2D eigenvalue weighted by Crippen LogP contribution is -2.47. The van der Waals surface area contributed by atoms with Gasteiger partial charge in [-0.25, -0.2) is 0 Å². The molecule has 27 heavy (non-hydrogen) atoms. The Labute approximate surface area is 165 Å². The Morgan fingerprint density at radius 3 is 2.52 bits per heavy atom. The molecule has 1 unspecified atom stereocenters. The maximum absolute atomic E-state index is 13.0. The quantitative estimate of drug-likeness (QED) is 0.691. The molecule has 2 aliphatic carbocycles. The second kappa shape index (κ2) is 10.3. The van der Waals surface area contributed by atoms with Gasteiger partial charge in [0.1, 0.15) is 0 Å². The van der Waals surface area contributed by atoms with Gasteiger partial charge in [0.15, 0.2) is 0 Å². The summed E-state index contributed by atoms with van der Waals surface area (Å²) in [7, 11) is 0. The lowest BCUT2D eigenvalue weighted by atomic mass is 9.80. The van der Waals surface area contributed by atoms with Crippen LogP contribution in [0.1, 0.15) is 90.4 Å². The summed E-state index contributed by atoms with van der Waals surface area (Å²) in [5, 5.41) is 3.15. The lowest BCUT2D eigenvalue weighted by molar-refractivity contribution is -0.141. The van der Waals surface area contributed by atoms with Crippen LogP contribution in [0.5, 0.6) is 0 Å². The number of carbonyl (C=O) groups is 2. The highest BCUT2D eigenvalue weighted by molar-refractivity contribution is 5.81. The highest BCUT2D eigenvalue weighted by atomic mass is 16.2. The van der Waals surface area contributed by atoms with Gasteiger partial charge in [0.2, 0.25) is 11.8 Å². The summed E-state index contributed by atoms with van der Waals surface area (Å²) in [4.78, 5) is 27.6. The zero-order valence-corrected chi connectivity index (χ0v) is 17.2. The van der Waals surface area contributed by atoms with Gasteiger partial charge in [0.05, 0.1) is 0 Å². The van der Waals surface area contributed by atoms with Crippen molar-refractivity contribution in [1.82, 2.24) is 10.2 Å². The number of nitrogens with zero attached hydrogens (tertiary/aromatic N) is 1. The average molecular weight is 375 g/mol. The van der Waals surface area contributed by atoms with Crippen molar-refractivity contribution in [1.29, 1.82) is 0 Å². The first-order chi connectivity index (χ1) is 13.2. The summed E-state index contributed by atoms with van der Waals surface area (Å²) >= 11 is 0. The number of likely N-dealkylation sites (tertiary alicyclic amines) is 1. The minimum Gasteiger partial charge on any atom is -0.356 e. The smallest absolute Gasteiger partial charge is 0.225 e. The first-order valence-electron chi connectivity index (χ1n) is 11.4. The standard InChI is InChI=1S/C23H38N2O2/c1-2-21-10-6-7-17-25(21)23(27)20-13-11-19(12-14-20)22(26)24-16-15-18-8-4-3-5-9-18/h8,19-21H,2-7,9-17H2,1H3,(H,24,26). The van der Waals surface area contributed by atoms with Gasteiger partial charge in [0, 0.05) is 31.0 Å². The Morgan fingerprint density at radius 2 is 1.81 bits per heavy atom. The Balaban J connectivity index is 1.39. The first kappa shape index (κ1) is 20.4. The van der Waals surface area contributed by atoms with Crippen molar-refractivity contribution < 1.29 is 9.59 Å². The number of allylic oxidation sites excluding steroid dienone is 1. The fraction of sp³-hybridized carbons (Fsp3) is 0.826. The van der Waals surface area contributed by atoms with E-state index in [2.05, 4.69) is 23.2 Å². The summed E-state index contributed by atoms with van der Waals surface area (Å²) in [5.41, 5.74) is 1.52. The molecule has 0 aromatic rings. The van der Waals surface area contributed by atoms with Gasteiger partial charge in [-0.15, -0.1) is 0 Å². The van der Waals surface area contributed by atoms with Crippen molar-refractivity contribution in [2.75, 3.05) is 13.1 Å². The van der Waals surface area contributed by atoms with E-state index in [1.165, 1.54) is 37.7 Å². The monoisotopic (exact) mass is 374 g/mol. The molecule has 4 heteroatoms. The van der Waals surface area contributed by atoms with E-state index in [4.69, 9.17) is 0 Å². The molecule has 3 rings (SSSR count). The minimum absolute atomic E-state index is 0.109. The van der Waals surface area contributed by atoms with Crippen LogP contribution in [0.4, 0.5) is 0 Å². The summed E-state index contributed by atoms with van der Waals surface area (Å²) < 4.78 is 0. The predicted molar refractivity (Wildman–Crippen MR) is 109 cm³/mol. The summed E-state index contributed by atoms with van der Waals surface area (Å²) in [6, 6.07) is 0.446. The second-order valence-electron chi connectivity index (χ2n) is 8.79. The third-order valence-electron chi connectivity index (χ3n) is 6.96. The average Bonchev–Trinajstić information content (AvgIpc) is 2.74. The normalized spacial score (nSPS) is 29.1. The molecule has 1 saturated heterocycles. The Hall–Kier alpha value is -1.32. The van der Waals surface area contributed by atoms with Crippen LogP contribution in [0.2, 0.25) is 0 Å². The Bertz CT molecular complexity index is 534. The molecule has 0 bridgehead atoms. The van der Waals surface area contributed by atoms with E-state index in [9.17, 15) is 9.59 Å².